The van der Waals surface area contributed by atoms with Crippen molar-refractivity contribution >= 4 is 28.9 Å². The van der Waals surface area contributed by atoms with Gasteiger partial charge in [0.15, 0.2) is 0 Å². The summed E-state index contributed by atoms with van der Waals surface area (Å²) >= 11 is 5.79. The quantitative estimate of drug-likeness (QED) is 0.791. The Bertz CT molecular complexity index is 494. The number of amides is 1. The van der Waals surface area contributed by atoms with Crippen molar-refractivity contribution in [2.24, 2.45) is 0 Å². The first-order valence-electron chi connectivity index (χ1n) is 6.27. The highest BCUT2D eigenvalue weighted by atomic mass is 35.5. The van der Waals surface area contributed by atoms with Gasteiger partial charge in [0.2, 0.25) is 5.91 Å². The van der Waals surface area contributed by atoms with E-state index in [1.165, 1.54) is 13.1 Å². The number of benzene rings is 1. The number of carbonyl (C=O) groups is 1. The summed E-state index contributed by atoms with van der Waals surface area (Å²) < 4.78 is 36.3. The number of hydrogen-bond donors (Lipinski definition) is 2. The minimum Gasteiger partial charge on any atom is -0.397 e. The lowest BCUT2D eigenvalue weighted by Gasteiger charge is -2.18. The summed E-state index contributed by atoms with van der Waals surface area (Å²) in [5.74, 6) is -0.315. The van der Waals surface area contributed by atoms with Crippen LogP contribution in [0.3, 0.4) is 0 Å². The molecule has 0 heterocycles. The molecule has 0 unspecified atom stereocenters. The normalized spacial score (nSPS) is 11.7. The lowest BCUT2D eigenvalue weighted by atomic mass is 10.2. The Balaban J connectivity index is 2.36. The van der Waals surface area contributed by atoms with Gasteiger partial charge in [0.25, 0.3) is 0 Å². The van der Waals surface area contributed by atoms with Gasteiger partial charge in [0.05, 0.1) is 17.9 Å². The summed E-state index contributed by atoms with van der Waals surface area (Å²) in [7, 11) is 1.36. The molecule has 0 aromatic heterocycles. The van der Waals surface area contributed by atoms with Crippen molar-refractivity contribution in [1.29, 1.82) is 0 Å². The van der Waals surface area contributed by atoms with Crippen molar-refractivity contribution in [3.05, 3.63) is 23.2 Å². The number of anilines is 2. The number of hydrogen-bond acceptors (Lipinski definition) is 3. The second-order valence-electron chi connectivity index (χ2n) is 4.74. The minimum absolute atomic E-state index is 0.105. The average Bonchev–Trinajstić information content (AvgIpc) is 2.31. The van der Waals surface area contributed by atoms with E-state index in [1.807, 2.05) is 0 Å². The molecular formula is C13H17ClF3N3O. The highest BCUT2D eigenvalue weighted by Crippen LogP contribution is 2.23. The Labute approximate surface area is 126 Å². The van der Waals surface area contributed by atoms with Crippen molar-refractivity contribution in [2.45, 2.75) is 19.0 Å². The van der Waals surface area contributed by atoms with E-state index >= 15 is 0 Å². The maximum Gasteiger partial charge on any atom is 0.401 e. The maximum atomic E-state index is 12.1. The Morgan fingerprint density at radius 1 is 1.43 bits per heavy atom. The maximum absolute atomic E-state index is 12.1. The molecule has 0 aliphatic heterocycles. The van der Waals surface area contributed by atoms with Gasteiger partial charge in [-0.3, -0.25) is 9.69 Å². The Kier molecular flexibility index (Phi) is 6.29. The largest absolute Gasteiger partial charge is 0.401 e. The number of halogens is 4. The molecule has 0 atom stereocenters. The molecule has 0 aliphatic carbocycles. The molecule has 1 aromatic carbocycles. The molecule has 0 saturated heterocycles. The molecule has 1 amide bonds. The molecule has 1 rings (SSSR count). The first-order valence-corrected chi connectivity index (χ1v) is 6.65. The zero-order valence-electron chi connectivity index (χ0n) is 11.5. The van der Waals surface area contributed by atoms with Crippen LogP contribution in [-0.2, 0) is 4.79 Å². The van der Waals surface area contributed by atoms with E-state index in [1.54, 1.807) is 12.1 Å². The second-order valence-corrected chi connectivity index (χ2v) is 5.17. The van der Waals surface area contributed by atoms with Gasteiger partial charge in [-0.2, -0.15) is 13.2 Å². The average molecular weight is 324 g/mol. The molecule has 0 saturated carbocycles. The topological polar surface area (TPSA) is 58.4 Å². The highest BCUT2D eigenvalue weighted by Gasteiger charge is 2.28. The van der Waals surface area contributed by atoms with Crippen LogP contribution < -0.4 is 11.1 Å². The van der Waals surface area contributed by atoms with Crippen molar-refractivity contribution in [2.75, 3.05) is 31.2 Å². The molecule has 118 valence electrons. The first-order chi connectivity index (χ1) is 9.67. The third kappa shape index (κ3) is 7.19. The molecule has 0 aliphatic rings. The van der Waals surface area contributed by atoms with Crippen molar-refractivity contribution in [3.63, 3.8) is 0 Å². The van der Waals surface area contributed by atoms with Gasteiger partial charge in [0.1, 0.15) is 0 Å². The van der Waals surface area contributed by atoms with Crippen LogP contribution >= 0.6 is 11.6 Å². The fourth-order valence-corrected chi connectivity index (χ4v) is 1.92. The van der Waals surface area contributed by atoms with Gasteiger partial charge in [-0.05, 0) is 38.2 Å². The van der Waals surface area contributed by atoms with Crippen LogP contribution in [0.25, 0.3) is 0 Å². The lowest BCUT2D eigenvalue weighted by Crippen LogP contribution is -2.32. The molecule has 0 radical (unpaired) electrons. The molecule has 0 spiro atoms. The van der Waals surface area contributed by atoms with Crippen LogP contribution in [0.4, 0.5) is 24.5 Å². The first kappa shape index (κ1) is 17.6. The van der Waals surface area contributed by atoms with Crippen LogP contribution in [0.1, 0.15) is 12.8 Å². The third-order valence-electron chi connectivity index (χ3n) is 2.68. The fourth-order valence-electron chi connectivity index (χ4n) is 1.74. The number of nitrogens with zero attached hydrogens (tertiary/aromatic N) is 1. The van der Waals surface area contributed by atoms with Gasteiger partial charge in [0, 0.05) is 11.4 Å². The molecule has 4 nitrogen and oxygen atoms in total. The number of carbonyl (C=O) groups excluding carboxylic acids is 1. The SMILES string of the molecule is CN(CCCC(=O)Nc1cc(Cl)ccc1N)CC(F)(F)F. The summed E-state index contributed by atoms with van der Waals surface area (Å²) in [6, 6.07) is 4.68. The van der Waals surface area contributed by atoms with Crippen LogP contribution in [0.15, 0.2) is 18.2 Å². The highest BCUT2D eigenvalue weighted by molar-refractivity contribution is 6.31. The fraction of sp³-hybridized carbons (Fsp3) is 0.462. The number of alkyl halides is 3. The number of nitrogens with two attached hydrogens (primary N) is 1. The molecule has 8 heteroatoms. The number of rotatable bonds is 6. The van der Waals surface area contributed by atoms with Gasteiger partial charge in [-0.15, -0.1) is 0 Å². The van der Waals surface area contributed by atoms with Crippen molar-refractivity contribution < 1.29 is 18.0 Å². The van der Waals surface area contributed by atoms with E-state index in [0.717, 1.165) is 4.90 Å². The van der Waals surface area contributed by atoms with Crippen molar-refractivity contribution in [1.82, 2.24) is 4.90 Å². The summed E-state index contributed by atoms with van der Waals surface area (Å²) in [4.78, 5) is 12.8. The summed E-state index contributed by atoms with van der Waals surface area (Å²) in [6.45, 7) is -0.812. The Morgan fingerprint density at radius 2 is 2.10 bits per heavy atom. The standard InChI is InChI=1S/C13H17ClF3N3O/c1-20(8-13(15,16)17)6-2-3-12(21)19-11-7-9(14)4-5-10(11)18/h4-5,7H,2-3,6,8,18H2,1H3,(H,19,21). The van der Waals surface area contributed by atoms with Crippen LogP contribution in [0.2, 0.25) is 5.02 Å². The van der Waals surface area contributed by atoms with E-state index in [0.29, 0.717) is 22.8 Å². The molecule has 1 aromatic rings. The Morgan fingerprint density at radius 3 is 2.71 bits per heavy atom. The Hall–Kier alpha value is -1.47. The van der Waals surface area contributed by atoms with E-state index < -0.39 is 12.7 Å². The molecule has 0 bridgehead atoms. The van der Waals surface area contributed by atoms with Crippen LogP contribution in [-0.4, -0.2) is 37.1 Å². The monoisotopic (exact) mass is 323 g/mol. The third-order valence-corrected chi connectivity index (χ3v) is 2.92. The van der Waals surface area contributed by atoms with E-state index in [9.17, 15) is 18.0 Å². The summed E-state index contributed by atoms with van der Waals surface area (Å²) in [5.41, 5.74) is 6.45. The lowest BCUT2D eigenvalue weighted by molar-refractivity contribution is -0.143. The molecule has 3 N–H and O–H groups in total. The van der Waals surface area contributed by atoms with Crippen molar-refractivity contribution in [3.8, 4) is 0 Å². The predicted octanol–water partition coefficient (Wildman–Crippen LogP) is 3.14. The molecule has 0 fully saturated rings. The zero-order valence-corrected chi connectivity index (χ0v) is 12.3. The van der Waals surface area contributed by atoms with E-state index in [-0.39, 0.29) is 18.9 Å². The summed E-state index contributed by atoms with van der Waals surface area (Å²) in [5, 5.41) is 3.02. The predicted molar refractivity (Wildman–Crippen MR) is 77.3 cm³/mol. The van der Waals surface area contributed by atoms with Crippen LogP contribution in [0.5, 0.6) is 0 Å². The number of nitrogen functional groups attached to an aromatic ring is 1. The van der Waals surface area contributed by atoms with Gasteiger partial charge < -0.3 is 11.1 Å². The number of nitrogens with one attached hydrogen (secondary N) is 1. The smallest absolute Gasteiger partial charge is 0.397 e. The van der Waals surface area contributed by atoms with Gasteiger partial charge >= 0.3 is 6.18 Å². The van der Waals surface area contributed by atoms with Gasteiger partial charge in [-0.1, -0.05) is 11.6 Å². The van der Waals surface area contributed by atoms with Gasteiger partial charge in [-0.25, -0.2) is 0 Å². The molecular weight excluding hydrogens is 307 g/mol. The van der Waals surface area contributed by atoms with E-state index in [2.05, 4.69) is 5.32 Å². The summed E-state index contributed by atoms with van der Waals surface area (Å²) in [6.07, 6.45) is -3.81. The van der Waals surface area contributed by atoms with Crippen LogP contribution in [0, 0.1) is 0 Å². The molecule has 21 heavy (non-hydrogen) atoms. The minimum atomic E-state index is -4.23. The second kappa shape index (κ2) is 7.51. The van der Waals surface area contributed by atoms with E-state index in [4.69, 9.17) is 17.3 Å². The zero-order chi connectivity index (χ0) is 16.0.